The monoisotopic (exact) mass is 365 g/mol. The minimum absolute atomic E-state index is 0.309. The largest absolute Gasteiger partial charge is 0.449 e. The number of esters is 1. The number of halogens is 2. The fourth-order valence-electron chi connectivity index (χ4n) is 2.20. The third-order valence-corrected chi connectivity index (χ3v) is 3.85. The topological polar surface area (TPSA) is 55.4 Å². The van der Waals surface area contributed by atoms with Crippen LogP contribution in [0.5, 0.6) is 0 Å². The Labute approximate surface area is 150 Å². The summed E-state index contributed by atoms with van der Waals surface area (Å²) in [5.74, 6) is -1.02. The fraction of sp³-hybridized carbons (Fsp3) is 0.222. The van der Waals surface area contributed by atoms with Gasteiger partial charge in [0.05, 0.1) is 16.3 Å². The molecule has 0 aliphatic rings. The number of anilines is 1. The molecule has 24 heavy (non-hydrogen) atoms. The van der Waals surface area contributed by atoms with E-state index in [2.05, 4.69) is 5.32 Å². The summed E-state index contributed by atoms with van der Waals surface area (Å²) in [6.07, 6.45) is -0.968. The molecule has 1 amide bonds. The Hall–Kier alpha value is -2.04. The van der Waals surface area contributed by atoms with Crippen LogP contribution in [0.1, 0.15) is 28.4 Å². The van der Waals surface area contributed by atoms with Gasteiger partial charge in [0, 0.05) is 5.02 Å². The van der Waals surface area contributed by atoms with Crippen molar-refractivity contribution in [1.82, 2.24) is 0 Å². The van der Waals surface area contributed by atoms with Gasteiger partial charge in [-0.25, -0.2) is 4.79 Å². The van der Waals surface area contributed by atoms with Gasteiger partial charge in [0.2, 0.25) is 0 Å². The Bertz CT molecular complexity index is 770. The number of nitrogens with one attached hydrogen (secondary N) is 1. The van der Waals surface area contributed by atoms with Crippen molar-refractivity contribution in [2.24, 2.45) is 0 Å². The molecule has 0 saturated carbocycles. The van der Waals surface area contributed by atoms with E-state index >= 15 is 0 Å². The standard InChI is InChI=1S/C18H17Cl2NO3/c1-10-6-11(2)8-13(7-10)18(23)24-12(3)17(22)21-16-5-4-14(19)9-15(16)20/h4-9,12H,1-3H3,(H,21,22). The number of carbonyl (C=O) groups is 2. The molecule has 6 heteroatoms. The molecule has 2 aromatic carbocycles. The molecule has 0 aliphatic heterocycles. The van der Waals surface area contributed by atoms with Gasteiger partial charge < -0.3 is 10.1 Å². The van der Waals surface area contributed by atoms with Crippen molar-refractivity contribution in [1.29, 1.82) is 0 Å². The molecular formula is C18H17Cl2NO3. The van der Waals surface area contributed by atoms with Crippen LogP contribution >= 0.6 is 23.2 Å². The van der Waals surface area contributed by atoms with Gasteiger partial charge in [0.15, 0.2) is 6.10 Å². The normalized spacial score (nSPS) is 11.7. The Morgan fingerprint density at radius 2 is 1.67 bits per heavy atom. The third kappa shape index (κ3) is 4.73. The summed E-state index contributed by atoms with van der Waals surface area (Å²) in [6.45, 7) is 5.28. The minimum atomic E-state index is -0.968. The number of carbonyl (C=O) groups excluding carboxylic acids is 2. The summed E-state index contributed by atoms with van der Waals surface area (Å²) in [7, 11) is 0. The van der Waals surface area contributed by atoms with E-state index in [1.165, 1.54) is 13.0 Å². The van der Waals surface area contributed by atoms with Crippen molar-refractivity contribution in [2.45, 2.75) is 26.9 Å². The van der Waals surface area contributed by atoms with Crippen molar-refractivity contribution in [2.75, 3.05) is 5.32 Å². The summed E-state index contributed by atoms with van der Waals surface area (Å²) < 4.78 is 5.22. The van der Waals surface area contributed by atoms with Crippen molar-refractivity contribution >= 4 is 40.8 Å². The molecule has 0 spiro atoms. The molecule has 0 fully saturated rings. The Morgan fingerprint density at radius 1 is 1.04 bits per heavy atom. The first-order valence-corrected chi connectivity index (χ1v) is 8.07. The van der Waals surface area contributed by atoms with E-state index in [9.17, 15) is 9.59 Å². The Balaban J connectivity index is 2.04. The van der Waals surface area contributed by atoms with Gasteiger partial charge in [-0.2, -0.15) is 0 Å². The highest BCUT2D eigenvalue weighted by Crippen LogP contribution is 2.25. The summed E-state index contributed by atoms with van der Waals surface area (Å²) in [5, 5.41) is 3.38. The average molecular weight is 366 g/mol. The number of aryl methyl sites for hydroxylation is 2. The zero-order valence-electron chi connectivity index (χ0n) is 13.5. The number of rotatable bonds is 4. The maximum Gasteiger partial charge on any atom is 0.338 e. The number of hydrogen-bond acceptors (Lipinski definition) is 3. The lowest BCUT2D eigenvalue weighted by molar-refractivity contribution is -0.123. The second kappa shape index (κ2) is 7.69. The lowest BCUT2D eigenvalue weighted by Crippen LogP contribution is -2.30. The lowest BCUT2D eigenvalue weighted by atomic mass is 10.1. The zero-order chi connectivity index (χ0) is 17.9. The van der Waals surface area contributed by atoms with Crippen molar-refractivity contribution in [3.05, 3.63) is 63.1 Å². The molecule has 0 heterocycles. The lowest BCUT2D eigenvalue weighted by Gasteiger charge is -2.15. The molecule has 0 bridgehead atoms. The van der Waals surface area contributed by atoms with E-state index in [1.807, 2.05) is 19.9 Å². The van der Waals surface area contributed by atoms with Gasteiger partial charge in [-0.05, 0) is 51.1 Å². The van der Waals surface area contributed by atoms with Crippen LogP contribution < -0.4 is 5.32 Å². The molecule has 2 aromatic rings. The van der Waals surface area contributed by atoms with Crippen LogP contribution in [-0.4, -0.2) is 18.0 Å². The van der Waals surface area contributed by atoms with Crippen LogP contribution in [0.15, 0.2) is 36.4 Å². The predicted molar refractivity (Wildman–Crippen MR) is 95.9 cm³/mol. The minimum Gasteiger partial charge on any atom is -0.449 e. The fourth-order valence-corrected chi connectivity index (χ4v) is 2.66. The quantitative estimate of drug-likeness (QED) is 0.792. The second-order valence-corrected chi connectivity index (χ2v) is 6.38. The summed E-state index contributed by atoms with van der Waals surface area (Å²) in [4.78, 5) is 24.4. The van der Waals surface area contributed by atoms with Gasteiger partial charge in [0.1, 0.15) is 0 Å². The van der Waals surface area contributed by atoms with Crippen LogP contribution in [0.25, 0.3) is 0 Å². The van der Waals surface area contributed by atoms with E-state index in [0.29, 0.717) is 21.3 Å². The highest BCUT2D eigenvalue weighted by Gasteiger charge is 2.20. The van der Waals surface area contributed by atoms with E-state index < -0.39 is 18.0 Å². The van der Waals surface area contributed by atoms with Gasteiger partial charge in [-0.15, -0.1) is 0 Å². The molecule has 4 nitrogen and oxygen atoms in total. The molecule has 1 atom stereocenters. The van der Waals surface area contributed by atoms with Crippen molar-refractivity contribution in [3.8, 4) is 0 Å². The first kappa shape index (κ1) is 18.3. The Kier molecular flexibility index (Phi) is 5.86. The van der Waals surface area contributed by atoms with Crippen molar-refractivity contribution in [3.63, 3.8) is 0 Å². The number of amides is 1. The molecule has 0 saturated heterocycles. The molecule has 1 N–H and O–H groups in total. The molecular weight excluding hydrogens is 349 g/mol. The van der Waals surface area contributed by atoms with Crippen LogP contribution in [0, 0.1) is 13.8 Å². The SMILES string of the molecule is Cc1cc(C)cc(C(=O)OC(C)C(=O)Nc2ccc(Cl)cc2Cl)c1. The van der Waals surface area contributed by atoms with Crippen LogP contribution in [0.2, 0.25) is 10.0 Å². The van der Waals surface area contributed by atoms with Gasteiger partial charge in [-0.1, -0.05) is 40.4 Å². The van der Waals surface area contributed by atoms with Crippen molar-refractivity contribution < 1.29 is 14.3 Å². The predicted octanol–water partition coefficient (Wildman–Crippen LogP) is 4.79. The van der Waals surface area contributed by atoms with E-state index in [0.717, 1.165) is 11.1 Å². The third-order valence-electron chi connectivity index (χ3n) is 3.30. The maximum absolute atomic E-state index is 12.2. The van der Waals surface area contributed by atoms with Crippen LogP contribution in [0.4, 0.5) is 5.69 Å². The van der Waals surface area contributed by atoms with E-state index in [1.54, 1.807) is 24.3 Å². The number of benzene rings is 2. The highest BCUT2D eigenvalue weighted by atomic mass is 35.5. The molecule has 0 aromatic heterocycles. The first-order valence-electron chi connectivity index (χ1n) is 7.31. The number of hydrogen-bond donors (Lipinski definition) is 1. The van der Waals surface area contributed by atoms with E-state index in [4.69, 9.17) is 27.9 Å². The van der Waals surface area contributed by atoms with E-state index in [-0.39, 0.29) is 0 Å². The molecule has 0 radical (unpaired) electrons. The first-order chi connectivity index (χ1) is 11.3. The molecule has 1 unspecified atom stereocenters. The molecule has 0 aliphatic carbocycles. The summed E-state index contributed by atoms with van der Waals surface area (Å²) in [5.41, 5.74) is 2.72. The Morgan fingerprint density at radius 3 is 2.25 bits per heavy atom. The summed E-state index contributed by atoms with van der Waals surface area (Å²) >= 11 is 11.8. The number of ether oxygens (including phenoxy) is 1. The molecule has 2 rings (SSSR count). The zero-order valence-corrected chi connectivity index (χ0v) is 15.0. The smallest absolute Gasteiger partial charge is 0.338 e. The van der Waals surface area contributed by atoms with Gasteiger partial charge >= 0.3 is 5.97 Å². The van der Waals surface area contributed by atoms with Gasteiger partial charge in [-0.3, -0.25) is 4.79 Å². The summed E-state index contributed by atoms with van der Waals surface area (Å²) in [6, 6.07) is 10.1. The maximum atomic E-state index is 12.2. The molecule has 126 valence electrons. The second-order valence-electron chi connectivity index (χ2n) is 5.54. The van der Waals surface area contributed by atoms with Crippen LogP contribution in [-0.2, 0) is 9.53 Å². The van der Waals surface area contributed by atoms with Crippen LogP contribution in [0.3, 0.4) is 0 Å². The highest BCUT2D eigenvalue weighted by molar-refractivity contribution is 6.36. The average Bonchev–Trinajstić information content (AvgIpc) is 2.48. The van der Waals surface area contributed by atoms with Gasteiger partial charge in [0.25, 0.3) is 5.91 Å².